The highest BCUT2D eigenvalue weighted by molar-refractivity contribution is 5.94. The third kappa shape index (κ3) is 9.32. The lowest BCUT2D eigenvalue weighted by Crippen LogP contribution is -2.26. The number of nitrogens with zero attached hydrogens (tertiary/aromatic N) is 2. The van der Waals surface area contributed by atoms with E-state index < -0.39 is 0 Å². The second kappa shape index (κ2) is 16.7. The zero-order valence-corrected chi connectivity index (χ0v) is 19.3. The van der Waals surface area contributed by atoms with E-state index in [-0.39, 0.29) is 12.6 Å². The van der Waals surface area contributed by atoms with Gasteiger partial charge < -0.3 is 10.3 Å². The van der Waals surface area contributed by atoms with Crippen LogP contribution in [0.1, 0.15) is 59.0 Å². The van der Waals surface area contributed by atoms with Crippen molar-refractivity contribution in [3.05, 3.63) is 83.6 Å². The number of aromatic amines is 1. The topological polar surface area (TPSA) is 70.1 Å². The summed E-state index contributed by atoms with van der Waals surface area (Å²) in [6.45, 7) is 13.9. The molecule has 1 amide bonds. The van der Waals surface area contributed by atoms with Crippen LogP contribution in [0.2, 0.25) is 0 Å². The molecule has 2 aromatic carbocycles. The fourth-order valence-corrected chi connectivity index (χ4v) is 2.24. The fourth-order valence-electron chi connectivity index (χ4n) is 2.24. The summed E-state index contributed by atoms with van der Waals surface area (Å²) >= 11 is 0. The molecule has 0 fully saturated rings. The number of aryl methyl sites for hydroxylation is 1. The van der Waals surface area contributed by atoms with Gasteiger partial charge in [0.2, 0.25) is 5.62 Å². The molecule has 0 aliphatic rings. The third-order valence-corrected chi connectivity index (χ3v) is 3.38. The molecule has 0 saturated carbocycles. The Hall–Kier alpha value is -3.21. The van der Waals surface area contributed by atoms with Crippen molar-refractivity contribution >= 4 is 5.91 Å². The molecule has 2 N–H and O–H groups in total. The normalized spacial score (nSPS) is 10.1. The van der Waals surface area contributed by atoms with E-state index in [2.05, 4.69) is 20.3 Å². The maximum atomic E-state index is 12.0. The lowest BCUT2D eigenvalue weighted by Gasteiger charge is -2.04. The van der Waals surface area contributed by atoms with E-state index in [4.69, 9.17) is 1.37 Å². The lowest BCUT2D eigenvalue weighted by atomic mass is 10.1. The van der Waals surface area contributed by atoms with Crippen molar-refractivity contribution in [2.24, 2.45) is 4.99 Å². The number of carbonyl (C=O) groups is 1. The van der Waals surface area contributed by atoms with Crippen molar-refractivity contribution in [2.45, 2.75) is 48.5 Å². The van der Waals surface area contributed by atoms with Gasteiger partial charge in [0.25, 0.3) is 5.91 Å². The van der Waals surface area contributed by atoms with Gasteiger partial charge in [-0.25, -0.2) is 9.98 Å². The first-order chi connectivity index (χ1) is 15.1. The van der Waals surface area contributed by atoms with Gasteiger partial charge in [-0.1, -0.05) is 90.1 Å². The lowest BCUT2D eigenvalue weighted by molar-refractivity contribution is 0.0954. The van der Waals surface area contributed by atoms with Crippen molar-refractivity contribution in [1.29, 1.82) is 0 Å². The summed E-state index contributed by atoms with van der Waals surface area (Å²) in [5.41, 5.74) is 3.08. The van der Waals surface area contributed by atoms with Crippen LogP contribution in [0.25, 0.3) is 11.3 Å². The summed E-state index contributed by atoms with van der Waals surface area (Å²) in [6.07, 6.45) is 0. The van der Waals surface area contributed by atoms with Crippen molar-refractivity contribution in [1.82, 2.24) is 15.3 Å². The predicted molar refractivity (Wildman–Crippen MR) is 127 cm³/mol. The minimum Gasteiger partial charge on any atom is -0.333 e. The second-order valence-corrected chi connectivity index (χ2v) is 5.20. The number of hydrogen-bond donors (Lipinski definition) is 2. The molecule has 0 aliphatic heterocycles. The molecule has 1 heterocycles. The fraction of sp³-hybridized carbons (Fsp3) is 0.320. The van der Waals surface area contributed by atoms with Gasteiger partial charge in [-0.05, 0) is 30.7 Å². The van der Waals surface area contributed by atoms with Gasteiger partial charge in [-0.2, -0.15) is 0 Å². The zero-order valence-electron chi connectivity index (χ0n) is 20.3. The Labute approximate surface area is 182 Å². The Morgan fingerprint density at radius 2 is 1.50 bits per heavy atom. The molecule has 0 unspecified atom stereocenters. The second-order valence-electron chi connectivity index (χ2n) is 5.20. The summed E-state index contributed by atoms with van der Waals surface area (Å²) in [7, 11) is 0. The Balaban J connectivity index is 0.00000138. The number of aromatic nitrogens is 2. The molecule has 1 aromatic heterocycles. The molecule has 0 saturated heterocycles. The van der Waals surface area contributed by atoms with Gasteiger partial charge in [-0.3, -0.25) is 4.79 Å². The SMILES string of the molecule is CC.CC.CC.[2H]c1c(C)nc(=NCNC(=O)c2ccccc2)[nH]c1-c1ccccc1. The largest absolute Gasteiger partial charge is 0.333 e. The molecule has 162 valence electrons. The van der Waals surface area contributed by atoms with Gasteiger partial charge in [0.15, 0.2) is 0 Å². The summed E-state index contributed by atoms with van der Waals surface area (Å²) in [6, 6.07) is 18.9. The van der Waals surface area contributed by atoms with Gasteiger partial charge in [0.1, 0.15) is 6.67 Å². The van der Waals surface area contributed by atoms with Crippen molar-refractivity contribution < 1.29 is 6.17 Å². The molecule has 0 aliphatic carbocycles. The van der Waals surface area contributed by atoms with Gasteiger partial charge in [0, 0.05) is 17.0 Å². The molecule has 0 radical (unpaired) electrons. The van der Waals surface area contributed by atoms with Gasteiger partial charge in [0.05, 0.1) is 1.37 Å². The molecule has 30 heavy (non-hydrogen) atoms. The van der Waals surface area contributed by atoms with E-state index in [1.54, 1.807) is 19.1 Å². The molecular formula is C25H36N4O. The summed E-state index contributed by atoms with van der Waals surface area (Å²) in [5, 5.41) is 2.73. The van der Waals surface area contributed by atoms with Gasteiger partial charge >= 0.3 is 0 Å². The van der Waals surface area contributed by atoms with E-state index in [0.717, 1.165) is 5.56 Å². The number of nitrogens with one attached hydrogen (secondary N) is 2. The summed E-state index contributed by atoms with van der Waals surface area (Å²) in [4.78, 5) is 23.6. The van der Waals surface area contributed by atoms with Crippen LogP contribution in [0, 0.1) is 6.92 Å². The number of H-pyrrole nitrogens is 1. The first-order valence-electron chi connectivity index (χ1n) is 11.1. The van der Waals surface area contributed by atoms with Crippen LogP contribution < -0.4 is 10.9 Å². The Morgan fingerprint density at radius 3 is 2.07 bits per heavy atom. The molecule has 0 bridgehead atoms. The highest BCUT2D eigenvalue weighted by atomic mass is 16.1. The van der Waals surface area contributed by atoms with Crippen molar-refractivity contribution in [3.8, 4) is 11.3 Å². The van der Waals surface area contributed by atoms with Crippen LogP contribution in [0.4, 0.5) is 0 Å². The van der Waals surface area contributed by atoms with E-state index in [0.29, 0.717) is 28.6 Å². The van der Waals surface area contributed by atoms with Crippen LogP contribution in [-0.4, -0.2) is 22.5 Å². The van der Waals surface area contributed by atoms with E-state index in [1.165, 1.54) is 0 Å². The average Bonchev–Trinajstić information content (AvgIpc) is 2.86. The first kappa shape index (κ1) is 24.8. The minimum atomic E-state index is -0.193. The number of benzene rings is 2. The highest BCUT2D eigenvalue weighted by Crippen LogP contribution is 2.14. The average molecular weight is 410 g/mol. The van der Waals surface area contributed by atoms with Crippen LogP contribution in [0.15, 0.2) is 71.7 Å². The smallest absolute Gasteiger partial charge is 0.252 e. The number of hydrogen-bond acceptors (Lipinski definition) is 3. The van der Waals surface area contributed by atoms with E-state index in [1.807, 2.05) is 90.1 Å². The maximum Gasteiger partial charge on any atom is 0.252 e. The first-order valence-corrected chi connectivity index (χ1v) is 10.6. The number of rotatable bonds is 4. The quantitative estimate of drug-likeness (QED) is 0.576. The summed E-state index contributed by atoms with van der Waals surface area (Å²) < 4.78 is 8.18. The summed E-state index contributed by atoms with van der Waals surface area (Å²) in [5.74, 6) is -0.193. The van der Waals surface area contributed by atoms with Crippen LogP contribution in [0.5, 0.6) is 0 Å². The highest BCUT2D eigenvalue weighted by Gasteiger charge is 2.02. The molecular weight excluding hydrogens is 372 g/mol. The minimum absolute atomic E-state index is 0.0994. The van der Waals surface area contributed by atoms with Crippen molar-refractivity contribution in [3.63, 3.8) is 0 Å². The molecule has 0 atom stereocenters. The molecule has 0 spiro atoms. The maximum absolute atomic E-state index is 12.0. The van der Waals surface area contributed by atoms with E-state index in [9.17, 15) is 4.79 Å². The third-order valence-electron chi connectivity index (χ3n) is 3.38. The van der Waals surface area contributed by atoms with Crippen LogP contribution in [-0.2, 0) is 0 Å². The molecule has 5 nitrogen and oxygen atoms in total. The molecule has 5 heteroatoms. The predicted octanol–water partition coefficient (Wildman–Crippen LogP) is 5.75. The van der Waals surface area contributed by atoms with Crippen LogP contribution in [0.3, 0.4) is 0 Å². The Kier molecular flexibility index (Phi) is 13.8. The molecule has 3 rings (SSSR count). The number of amides is 1. The van der Waals surface area contributed by atoms with Crippen molar-refractivity contribution in [2.75, 3.05) is 6.67 Å². The Morgan fingerprint density at radius 1 is 0.967 bits per heavy atom. The number of carbonyl (C=O) groups excluding carboxylic acids is 1. The Bertz CT molecular complexity index is 939. The van der Waals surface area contributed by atoms with Crippen LogP contribution >= 0.6 is 0 Å². The molecule has 3 aromatic rings. The zero-order chi connectivity index (χ0) is 23.6. The monoisotopic (exact) mass is 409 g/mol. The standard InChI is InChI=1S/C19H18N4O.3C2H6/c1-14-12-17(15-8-4-2-5-9-15)23-19(22-14)21-13-20-18(24)16-10-6-3-7-11-16;3*1-2/h2-12H,13H2,1H3,(H,20,24)(H,21,22,23);3*1-2H3/i12D;;;. The van der Waals surface area contributed by atoms with E-state index >= 15 is 0 Å². The van der Waals surface area contributed by atoms with Gasteiger partial charge in [-0.15, -0.1) is 0 Å².